The Labute approximate surface area is 101 Å². The van der Waals surface area contributed by atoms with Crippen LogP contribution in [-0.2, 0) is 0 Å². The minimum absolute atomic E-state index is 0.252. The Hall–Kier alpha value is -1.22. The molecule has 0 aliphatic carbocycles. The maximum absolute atomic E-state index is 6.95. The highest BCUT2D eigenvalue weighted by Crippen LogP contribution is 2.36. The van der Waals surface area contributed by atoms with Gasteiger partial charge in [0.25, 0.3) is 0 Å². The molecule has 0 saturated heterocycles. The molecule has 0 aliphatic rings. The minimum Gasteiger partial charge on any atom is -0.495 e. The predicted molar refractivity (Wildman–Crippen MR) is 66.4 cm³/mol. The van der Waals surface area contributed by atoms with Crippen molar-refractivity contribution in [3.8, 4) is 11.5 Å². The molecule has 0 radical (unpaired) electrons. The normalized spacial score (nSPS) is 10.3. The number of methoxy groups -OCH3 is 1. The summed E-state index contributed by atoms with van der Waals surface area (Å²) in [5.74, 6) is 1.67. The van der Waals surface area contributed by atoms with Crippen molar-refractivity contribution in [1.29, 1.82) is 5.41 Å². The van der Waals surface area contributed by atoms with Gasteiger partial charge in [-0.15, -0.1) is 0 Å². The van der Waals surface area contributed by atoms with E-state index in [9.17, 15) is 0 Å². The van der Waals surface area contributed by atoms with Crippen LogP contribution in [0.4, 0.5) is 0 Å². The lowest BCUT2D eigenvalue weighted by molar-refractivity contribution is 0.370. The number of rotatable bonds is 5. The molecule has 4 heteroatoms. The van der Waals surface area contributed by atoms with Crippen LogP contribution in [0.2, 0.25) is 5.02 Å². The molecule has 1 N–H and O–H groups in total. The van der Waals surface area contributed by atoms with Crippen molar-refractivity contribution < 1.29 is 9.47 Å². The lowest BCUT2D eigenvalue weighted by Gasteiger charge is -2.15. The first-order valence-electron chi connectivity index (χ1n) is 5.09. The van der Waals surface area contributed by atoms with Gasteiger partial charge in [-0.1, -0.05) is 25.4 Å². The van der Waals surface area contributed by atoms with Crippen LogP contribution in [0.25, 0.3) is 0 Å². The predicted octanol–water partition coefficient (Wildman–Crippen LogP) is 3.50. The summed E-state index contributed by atoms with van der Waals surface area (Å²) in [4.78, 5) is 0. The number of nitrogens with one attached hydrogen (secondary N) is 1. The number of hydrogen-bond acceptors (Lipinski definition) is 3. The van der Waals surface area contributed by atoms with Gasteiger partial charge in [0.2, 0.25) is 0 Å². The van der Waals surface area contributed by atoms with Gasteiger partial charge in [0.05, 0.1) is 12.1 Å². The van der Waals surface area contributed by atoms with Gasteiger partial charge >= 0.3 is 0 Å². The zero-order valence-corrected chi connectivity index (χ0v) is 10.5. The van der Waals surface area contributed by atoms with Gasteiger partial charge in [0.1, 0.15) is 18.1 Å². The van der Waals surface area contributed by atoms with Gasteiger partial charge in [0, 0.05) is 17.8 Å². The highest BCUT2D eigenvalue weighted by molar-refractivity contribution is 6.32. The van der Waals surface area contributed by atoms with Crippen molar-refractivity contribution in [3.63, 3.8) is 0 Å². The quantitative estimate of drug-likeness (QED) is 0.802. The van der Waals surface area contributed by atoms with E-state index in [1.54, 1.807) is 13.2 Å². The fourth-order valence-corrected chi connectivity index (χ4v) is 1.65. The highest BCUT2D eigenvalue weighted by atomic mass is 35.5. The Bertz CT molecular complexity index is 378. The lowest BCUT2D eigenvalue weighted by Crippen LogP contribution is -2.02. The Morgan fingerprint density at radius 1 is 1.38 bits per heavy atom. The third-order valence-electron chi connectivity index (χ3n) is 2.23. The van der Waals surface area contributed by atoms with Gasteiger partial charge in [-0.25, -0.2) is 0 Å². The molecule has 1 rings (SSSR count). The van der Waals surface area contributed by atoms with Crippen LogP contribution in [0.3, 0.4) is 0 Å². The molecular weight excluding hydrogens is 226 g/mol. The largest absolute Gasteiger partial charge is 0.495 e. The van der Waals surface area contributed by atoms with Crippen molar-refractivity contribution in [2.75, 3.05) is 13.7 Å². The smallest absolute Gasteiger partial charge is 0.138 e. The van der Waals surface area contributed by atoms with Crippen molar-refractivity contribution in [2.24, 2.45) is 0 Å². The van der Waals surface area contributed by atoms with E-state index in [0.717, 1.165) is 5.56 Å². The summed E-state index contributed by atoms with van der Waals surface area (Å²) in [6.45, 7) is 4.39. The van der Waals surface area contributed by atoms with E-state index in [4.69, 9.17) is 26.5 Å². The van der Waals surface area contributed by atoms with Crippen LogP contribution in [0.15, 0.2) is 12.1 Å². The average molecular weight is 242 g/mol. The number of hydrogen-bond donors (Lipinski definition) is 1. The van der Waals surface area contributed by atoms with Gasteiger partial charge < -0.3 is 14.9 Å². The summed E-state index contributed by atoms with van der Waals surface area (Å²) in [6, 6.07) is 3.62. The van der Waals surface area contributed by atoms with Gasteiger partial charge in [-0.3, -0.25) is 0 Å². The van der Waals surface area contributed by atoms with E-state index in [0.29, 0.717) is 22.4 Å². The Morgan fingerprint density at radius 2 is 2.06 bits per heavy atom. The molecule has 0 fully saturated rings. The van der Waals surface area contributed by atoms with E-state index in [1.807, 2.05) is 6.07 Å². The van der Waals surface area contributed by atoms with Gasteiger partial charge in [0.15, 0.2) is 0 Å². The average Bonchev–Trinajstić information content (AvgIpc) is 2.25. The molecule has 0 spiro atoms. The third-order valence-corrected chi connectivity index (χ3v) is 2.52. The lowest BCUT2D eigenvalue weighted by atomic mass is 10.0. The molecule has 0 bridgehead atoms. The molecule has 0 heterocycles. The molecule has 88 valence electrons. The molecule has 16 heavy (non-hydrogen) atoms. The van der Waals surface area contributed by atoms with Crippen LogP contribution in [0.1, 0.15) is 25.3 Å². The zero-order valence-electron chi connectivity index (χ0n) is 9.71. The van der Waals surface area contributed by atoms with Crippen LogP contribution in [-0.4, -0.2) is 19.9 Å². The van der Waals surface area contributed by atoms with Crippen LogP contribution in [0.5, 0.6) is 11.5 Å². The van der Waals surface area contributed by atoms with E-state index < -0.39 is 0 Å². The molecule has 0 atom stereocenters. The maximum atomic E-state index is 6.95. The Kier molecular flexibility index (Phi) is 4.62. The Balaban J connectivity index is 3.13. The second-order valence-electron chi connectivity index (χ2n) is 3.69. The molecule has 0 saturated carbocycles. The number of benzene rings is 1. The summed E-state index contributed by atoms with van der Waals surface area (Å²) in [6.07, 6.45) is 1.21. The van der Waals surface area contributed by atoms with Crippen LogP contribution < -0.4 is 9.47 Å². The van der Waals surface area contributed by atoms with Crippen molar-refractivity contribution in [3.05, 3.63) is 22.7 Å². The zero-order chi connectivity index (χ0) is 12.1. The van der Waals surface area contributed by atoms with E-state index in [2.05, 4.69) is 13.8 Å². The van der Waals surface area contributed by atoms with Crippen molar-refractivity contribution in [1.82, 2.24) is 0 Å². The van der Waals surface area contributed by atoms with Gasteiger partial charge in [-0.05, 0) is 12.0 Å². The molecular formula is C12H16ClNO2. The highest BCUT2D eigenvalue weighted by Gasteiger charge is 2.12. The molecule has 1 aromatic carbocycles. The number of halogens is 1. The first-order chi connectivity index (χ1) is 7.60. The summed E-state index contributed by atoms with van der Waals surface area (Å²) < 4.78 is 10.6. The summed E-state index contributed by atoms with van der Waals surface area (Å²) in [5, 5.41) is 7.47. The molecule has 0 aliphatic heterocycles. The fourth-order valence-electron chi connectivity index (χ4n) is 1.41. The van der Waals surface area contributed by atoms with E-state index >= 15 is 0 Å². The third kappa shape index (κ3) is 2.89. The molecule has 0 amide bonds. The van der Waals surface area contributed by atoms with Crippen LogP contribution in [0, 0.1) is 5.41 Å². The SMILES string of the molecule is COc1cc(C(C)C)c(OCC=N)cc1Cl. The maximum Gasteiger partial charge on any atom is 0.138 e. The molecule has 0 unspecified atom stereocenters. The first kappa shape index (κ1) is 12.8. The van der Waals surface area contributed by atoms with Crippen LogP contribution >= 0.6 is 11.6 Å². The summed E-state index contributed by atoms with van der Waals surface area (Å²) in [5.41, 5.74) is 1.03. The minimum atomic E-state index is 0.252. The van der Waals surface area contributed by atoms with E-state index in [1.165, 1.54) is 6.21 Å². The second-order valence-corrected chi connectivity index (χ2v) is 4.10. The Morgan fingerprint density at radius 3 is 2.56 bits per heavy atom. The topological polar surface area (TPSA) is 42.3 Å². The molecule has 0 aromatic heterocycles. The molecule has 1 aromatic rings. The second kappa shape index (κ2) is 5.75. The first-order valence-corrected chi connectivity index (χ1v) is 5.47. The van der Waals surface area contributed by atoms with E-state index in [-0.39, 0.29) is 6.61 Å². The summed E-state index contributed by atoms with van der Waals surface area (Å²) in [7, 11) is 1.59. The fraction of sp³-hybridized carbons (Fsp3) is 0.417. The number of ether oxygens (including phenoxy) is 2. The summed E-state index contributed by atoms with van der Waals surface area (Å²) >= 11 is 6.02. The van der Waals surface area contributed by atoms with Crippen molar-refractivity contribution >= 4 is 17.8 Å². The van der Waals surface area contributed by atoms with Gasteiger partial charge in [-0.2, -0.15) is 0 Å². The molecule has 3 nitrogen and oxygen atoms in total. The monoisotopic (exact) mass is 241 g/mol. The van der Waals surface area contributed by atoms with Crippen molar-refractivity contribution in [2.45, 2.75) is 19.8 Å². The standard InChI is InChI=1S/C12H16ClNO2/c1-8(2)9-6-12(15-3)10(13)7-11(9)16-5-4-14/h4,6-8,14H,5H2,1-3H3.